The van der Waals surface area contributed by atoms with Gasteiger partial charge in [-0.15, -0.1) is 19.0 Å². The summed E-state index contributed by atoms with van der Waals surface area (Å²) in [5, 5.41) is 0. The summed E-state index contributed by atoms with van der Waals surface area (Å²) in [7, 11) is 1.64. The molecule has 0 amide bonds. The van der Waals surface area contributed by atoms with Gasteiger partial charge in [-0.2, -0.15) is 0 Å². The Hall–Kier alpha value is -1.97. The molecule has 1 atom stereocenters. The van der Waals surface area contributed by atoms with Gasteiger partial charge in [-0.25, -0.2) is 0 Å². The van der Waals surface area contributed by atoms with Gasteiger partial charge in [-0.1, -0.05) is 42.0 Å². The Morgan fingerprint density at radius 2 is 1.83 bits per heavy atom. The molecule has 0 saturated heterocycles. The van der Waals surface area contributed by atoms with Crippen LogP contribution in [0.15, 0.2) is 60.7 Å². The van der Waals surface area contributed by atoms with Crippen molar-refractivity contribution in [3.8, 4) is 11.5 Å². The molecule has 0 unspecified atom stereocenters. The summed E-state index contributed by atoms with van der Waals surface area (Å²) in [4.78, 5) is 0. The van der Waals surface area contributed by atoms with Gasteiger partial charge in [0, 0.05) is 6.04 Å². The molecule has 2 aromatic rings. The number of halogens is 1. The van der Waals surface area contributed by atoms with E-state index in [-0.39, 0.29) is 18.4 Å². The highest BCUT2D eigenvalue weighted by atomic mass is 35.5. The molecule has 4 heteroatoms. The Bertz CT molecular complexity index is 629. The highest BCUT2D eigenvalue weighted by molar-refractivity contribution is 5.85. The number of ether oxygens (including phenoxy) is 2. The Morgan fingerprint density at radius 1 is 1.13 bits per heavy atom. The van der Waals surface area contributed by atoms with Crippen LogP contribution < -0.4 is 15.2 Å². The smallest absolute Gasteiger partial charge is 0.161 e. The van der Waals surface area contributed by atoms with E-state index in [4.69, 9.17) is 15.2 Å². The van der Waals surface area contributed by atoms with Gasteiger partial charge < -0.3 is 15.2 Å². The normalized spacial score (nSPS) is 11.3. The van der Waals surface area contributed by atoms with Crippen molar-refractivity contribution in [1.29, 1.82) is 0 Å². The largest absolute Gasteiger partial charge is 0.493 e. The minimum absolute atomic E-state index is 0. The molecular formula is C19H24ClNO2. The number of methoxy groups -OCH3 is 1. The molecule has 0 bridgehead atoms. The third-order valence-electron chi connectivity index (χ3n) is 3.42. The molecule has 2 aromatic carbocycles. The fraction of sp³-hybridized carbons (Fsp3) is 0.263. The van der Waals surface area contributed by atoms with E-state index in [0.717, 1.165) is 23.1 Å². The van der Waals surface area contributed by atoms with Crippen LogP contribution >= 0.6 is 12.4 Å². The van der Waals surface area contributed by atoms with Crippen LogP contribution in [0.5, 0.6) is 11.5 Å². The number of benzene rings is 2. The van der Waals surface area contributed by atoms with Gasteiger partial charge in [0.05, 0.1) is 7.11 Å². The van der Waals surface area contributed by atoms with Crippen LogP contribution in [0.2, 0.25) is 0 Å². The molecule has 3 nitrogen and oxygen atoms in total. The van der Waals surface area contributed by atoms with Crippen LogP contribution in [-0.4, -0.2) is 7.11 Å². The average Bonchev–Trinajstić information content (AvgIpc) is 2.53. The standard InChI is InChI=1S/C19H23NO2.ClH/c1-14(2)11-17(20)16-9-10-18(21-3)19(12-16)22-13-15-7-5-4-6-8-15;/h4-10,12,17H,1,11,13,20H2,2-3H3;1H/t17-;/m1./s1. The quantitative estimate of drug-likeness (QED) is 0.749. The summed E-state index contributed by atoms with van der Waals surface area (Å²) < 4.78 is 11.3. The third kappa shape index (κ3) is 5.62. The van der Waals surface area contributed by atoms with Gasteiger partial charge in [-0.05, 0) is 36.6 Å². The second-order valence-electron chi connectivity index (χ2n) is 5.45. The zero-order chi connectivity index (χ0) is 15.9. The van der Waals surface area contributed by atoms with E-state index < -0.39 is 0 Å². The maximum absolute atomic E-state index is 6.21. The zero-order valence-electron chi connectivity index (χ0n) is 13.6. The molecule has 23 heavy (non-hydrogen) atoms. The molecule has 0 fully saturated rings. The zero-order valence-corrected chi connectivity index (χ0v) is 14.4. The Kier molecular flexibility index (Phi) is 7.66. The first-order valence-electron chi connectivity index (χ1n) is 7.34. The minimum atomic E-state index is -0.0810. The summed E-state index contributed by atoms with van der Waals surface area (Å²) in [6, 6.07) is 15.8. The van der Waals surface area contributed by atoms with Crippen molar-refractivity contribution >= 4 is 12.4 Å². The Balaban J connectivity index is 0.00000264. The molecule has 0 heterocycles. The monoisotopic (exact) mass is 333 g/mol. The molecule has 2 N–H and O–H groups in total. The van der Waals surface area contributed by atoms with Crippen molar-refractivity contribution < 1.29 is 9.47 Å². The third-order valence-corrected chi connectivity index (χ3v) is 3.42. The molecule has 0 spiro atoms. The first-order chi connectivity index (χ1) is 10.6. The lowest BCUT2D eigenvalue weighted by atomic mass is 10.0. The SMILES string of the molecule is C=C(C)C[C@@H](N)c1ccc(OC)c(OCc2ccccc2)c1.Cl. The fourth-order valence-corrected chi connectivity index (χ4v) is 2.27. The van der Waals surface area contributed by atoms with Crippen LogP contribution in [0.3, 0.4) is 0 Å². The highest BCUT2D eigenvalue weighted by Gasteiger charge is 2.11. The first kappa shape index (κ1) is 19.1. The summed E-state index contributed by atoms with van der Waals surface area (Å²) in [5.74, 6) is 1.42. The summed E-state index contributed by atoms with van der Waals surface area (Å²) in [5.41, 5.74) is 9.40. The topological polar surface area (TPSA) is 44.5 Å². The van der Waals surface area contributed by atoms with E-state index in [2.05, 4.69) is 6.58 Å². The lowest BCUT2D eigenvalue weighted by Crippen LogP contribution is -2.11. The summed E-state index contributed by atoms with van der Waals surface area (Å²) in [6.07, 6.45) is 0.754. The lowest BCUT2D eigenvalue weighted by molar-refractivity contribution is 0.284. The van der Waals surface area contributed by atoms with E-state index in [9.17, 15) is 0 Å². The Labute approximate surface area is 144 Å². The van der Waals surface area contributed by atoms with Crippen molar-refractivity contribution in [3.63, 3.8) is 0 Å². The van der Waals surface area contributed by atoms with Crippen LogP contribution in [0.4, 0.5) is 0 Å². The molecule has 0 saturated carbocycles. The van der Waals surface area contributed by atoms with E-state index in [1.807, 2.05) is 55.5 Å². The first-order valence-corrected chi connectivity index (χ1v) is 7.34. The highest BCUT2D eigenvalue weighted by Crippen LogP contribution is 2.31. The molecule has 0 aliphatic heterocycles. The predicted molar refractivity (Wildman–Crippen MR) is 97.4 cm³/mol. The van der Waals surface area contributed by atoms with Crippen LogP contribution in [0, 0.1) is 0 Å². The van der Waals surface area contributed by atoms with Crippen molar-refractivity contribution in [1.82, 2.24) is 0 Å². The van der Waals surface area contributed by atoms with Crippen molar-refractivity contribution in [3.05, 3.63) is 71.8 Å². The van der Waals surface area contributed by atoms with Crippen molar-refractivity contribution in [2.24, 2.45) is 5.73 Å². The molecule has 0 radical (unpaired) electrons. The van der Waals surface area contributed by atoms with Gasteiger partial charge in [-0.3, -0.25) is 0 Å². The van der Waals surface area contributed by atoms with Gasteiger partial charge in [0.25, 0.3) is 0 Å². The lowest BCUT2D eigenvalue weighted by Gasteiger charge is -2.16. The van der Waals surface area contributed by atoms with E-state index >= 15 is 0 Å². The van der Waals surface area contributed by atoms with Crippen molar-refractivity contribution in [2.75, 3.05) is 7.11 Å². The number of rotatable bonds is 7. The molecule has 2 rings (SSSR count). The van der Waals surface area contributed by atoms with E-state index in [1.165, 1.54) is 0 Å². The summed E-state index contributed by atoms with van der Waals surface area (Å²) >= 11 is 0. The fourth-order valence-electron chi connectivity index (χ4n) is 2.27. The predicted octanol–water partition coefficient (Wildman–Crippen LogP) is 4.66. The second-order valence-corrected chi connectivity index (χ2v) is 5.45. The van der Waals surface area contributed by atoms with Crippen LogP contribution in [0.1, 0.15) is 30.5 Å². The van der Waals surface area contributed by atoms with E-state index in [1.54, 1.807) is 7.11 Å². The maximum atomic E-state index is 6.21. The second kappa shape index (κ2) is 9.23. The van der Waals surface area contributed by atoms with Gasteiger partial charge in [0.15, 0.2) is 11.5 Å². The van der Waals surface area contributed by atoms with Gasteiger partial charge >= 0.3 is 0 Å². The van der Waals surface area contributed by atoms with Gasteiger partial charge in [0.1, 0.15) is 6.61 Å². The number of nitrogens with two attached hydrogens (primary N) is 1. The maximum Gasteiger partial charge on any atom is 0.161 e. The van der Waals surface area contributed by atoms with Crippen LogP contribution in [0.25, 0.3) is 0 Å². The molecule has 0 aliphatic carbocycles. The molecule has 0 aromatic heterocycles. The molecule has 0 aliphatic rings. The number of hydrogen-bond donors (Lipinski definition) is 1. The number of hydrogen-bond acceptors (Lipinski definition) is 3. The average molecular weight is 334 g/mol. The molecular weight excluding hydrogens is 310 g/mol. The van der Waals surface area contributed by atoms with E-state index in [0.29, 0.717) is 18.1 Å². The van der Waals surface area contributed by atoms with Gasteiger partial charge in [0.2, 0.25) is 0 Å². The van der Waals surface area contributed by atoms with Crippen molar-refractivity contribution in [2.45, 2.75) is 26.0 Å². The minimum Gasteiger partial charge on any atom is -0.493 e. The van der Waals surface area contributed by atoms with Crippen LogP contribution in [-0.2, 0) is 6.61 Å². The summed E-state index contributed by atoms with van der Waals surface area (Å²) in [6.45, 7) is 6.40. The Morgan fingerprint density at radius 3 is 2.43 bits per heavy atom. The molecule has 124 valence electrons.